The number of halogens is 3. The fourth-order valence-corrected chi connectivity index (χ4v) is 2.34. The third kappa shape index (κ3) is 2.55. The molecule has 0 fully saturated rings. The Kier molecular flexibility index (Phi) is 3.71. The highest BCUT2D eigenvalue weighted by Crippen LogP contribution is 2.31. The molecule has 1 aromatic heterocycles. The molecule has 8 heteroatoms. The second-order valence-corrected chi connectivity index (χ2v) is 5.44. The summed E-state index contributed by atoms with van der Waals surface area (Å²) in [5.41, 5.74) is 7.71. The Morgan fingerprint density at radius 2 is 1.76 bits per heavy atom. The summed E-state index contributed by atoms with van der Waals surface area (Å²) in [5.74, 6) is 0.466. The van der Waals surface area contributed by atoms with E-state index in [2.05, 4.69) is 15.5 Å². The van der Waals surface area contributed by atoms with Crippen molar-refractivity contribution in [1.29, 1.82) is 0 Å². The predicted molar refractivity (Wildman–Crippen MR) is 84.0 cm³/mol. The minimum Gasteiger partial charge on any atom is -0.397 e. The van der Waals surface area contributed by atoms with Crippen LogP contribution < -0.4 is 5.73 Å². The normalized spacial score (nSPS) is 10.8. The maximum Gasteiger partial charge on any atom is 0.189 e. The van der Waals surface area contributed by atoms with Gasteiger partial charge in [-0.25, -0.2) is 0 Å². The summed E-state index contributed by atoms with van der Waals surface area (Å²) in [6, 6.07) is 10.4. The Morgan fingerprint density at radius 1 is 0.952 bits per heavy atom. The summed E-state index contributed by atoms with van der Waals surface area (Å²) < 4.78 is 1.52. The summed E-state index contributed by atoms with van der Waals surface area (Å²) in [5, 5.41) is 13.0. The van der Waals surface area contributed by atoms with Crippen molar-refractivity contribution in [1.82, 2.24) is 20.2 Å². The number of hydrogen-bond donors (Lipinski definition) is 1. The molecule has 0 amide bonds. The first-order chi connectivity index (χ1) is 10.1. The Labute approximate surface area is 135 Å². The van der Waals surface area contributed by atoms with E-state index in [0.29, 0.717) is 37.8 Å². The van der Waals surface area contributed by atoms with E-state index in [9.17, 15) is 0 Å². The van der Waals surface area contributed by atoms with Gasteiger partial charge in [-0.05, 0) is 40.8 Å². The zero-order valence-electron chi connectivity index (χ0n) is 10.5. The van der Waals surface area contributed by atoms with Gasteiger partial charge < -0.3 is 5.73 Å². The Bertz CT molecular complexity index is 815. The van der Waals surface area contributed by atoms with Gasteiger partial charge >= 0.3 is 0 Å². The summed E-state index contributed by atoms with van der Waals surface area (Å²) >= 11 is 18.0. The highest BCUT2D eigenvalue weighted by molar-refractivity contribution is 6.42. The molecule has 0 atom stereocenters. The lowest BCUT2D eigenvalue weighted by Crippen LogP contribution is -2.02. The SMILES string of the molecule is Nc1c(Cl)cccc1-c1nnnn1-c1ccc(Cl)c(Cl)c1. The maximum atomic E-state index is 6.03. The Balaban J connectivity index is 2.17. The number of nitrogens with two attached hydrogens (primary N) is 1. The van der Waals surface area contributed by atoms with Gasteiger partial charge in [0, 0.05) is 5.56 Å². The van der Waals surface area contributed by atoms with Crippen LogP contribution in [0.3, 0.4) is 0 Å². The van der Waals surface area contributed by atoms with Crippen molar-refractivity contribution < 1.29 is 0 Å². The predicted octanol–water partition coefficient (Wildman–Crippen LogP) is 3.87. The van der Waals surface area contributed by atoms with Gasteiger partial charge in [0.2, 0.25) is 0 Å². The molecular formula is C13H8Cl3N5. The fraction of sp³-hybridized carbons (Fsp3) is 0. The standard InChI is InChI=1S/C13H8Cl3N5/c14-9-5-4-7(6-11(9)16)21-13(18-19-20-21)8-2-1-3-10(15)12(8)17/h1-6H,17H2. The van der Waals surface area contributed by atoms with Crippen molar-refractivity contribution in [3.63, 3.8) is 0 Å². The molecule has 5 nitrogen and oxygen atoms in total. The Hall–Kier alpha value is -1.82. The molecule has 3 aromatic rings. The lowest BCUT2D eigenvalue weighted by molar-refractivity contribution is 0.791. The van der Waals surface area contributed by atoms with Gasteiger partial charge in [-0.3, -0.25) is 0 Å². The lowest BCUT2D eigenvalue weighted by atomic mass is 10.1. The van der Waals surface area contributed by atoms with E-state index < -0.39 is 0 Å². The molecule has 2 aromatic carbocycles. The quantitative estimate of drug-likeness (QED) is 0.719. The lowest BCUT2D eigenvalue weighted by Gasteiger charge is -2.08. The second-order valence-electron chi connectivity index (χ2n) is 4.21. The molecule has 0 radical (unpaired) electrons. The van der Waals surface area contributed by atoms with Crippen molar-refractivity contribution in [2.45, 2.75) is 0 Å². The average molecular weight is 341 g/mol. The van der Waals surface area contributed by atoms with E-state index >= 15 is 0 Å². The molecule has 1 heterocycles. The molecular weight excluding hydrogens is 333 g/mol. The number of hydrogen-bond acceptors (Lipinski definition) is 4. The topological polar surface area (TPSA) is 69.6 Å². The molecule has 0 unspecified atom stereocenters. The van der Waals surface area contributed by atoms with Crippen LogP contribution in [0.15, 0.2) is 36.4 Å². The average Bonchev–Trinajstić information content (AvgIpc) is 2.94. The van der Waals surface area contributed by atoms with Crippen LogP contribution in [0, 0.1) is 0 Å². The minimum atomic E-state index is 0.412. The fourth-order valence-electron chi connectivity index (χ4n) is 1.88. The number of rotatable bonds is 2. The first-order valence-corrected chi connectivity index (χ1v) is 6.99. The van der Waals surface area contributed by atoms with Crippen molar-refractivity contribution in [3.05, 3.63) is 51.5 Å². The molecule has 2 N–H and O–H groups in total. The zero-order valence-corrected chi connectivity index (χ0v) is 12.7. The van der Waals surface area contributed by atoms with E-state index in [0.717, 1.165) is 0 Å². The van der Waals surface area contributed by atoms with E-state index in [4.69, 9.17) is 40.5 Å². The summed E-state index contributed by atoms with van der Waals surface area (Å²) in [6.45, 7) is 0. The van der Waals surface area contributed by atoms with Crippen molar-refractivity contribution >= 4 is 40.5 Å². The van der Waals surface area contributed by atoms with Gasteiger partial charge in [0.25, 0.3) is 0 Å². The maximum absolute atomic E-state index is 6.03. The summed E-state index contributed by atoms with van der Waals surface area (Å²) in [4.78, 5) is 0. The van der Waals surface area contributed by atoms with Crippen molar-refractivity contribution in [3.8, 4) is 17.1 Å². The van der Waals surface area contributed by atoms with Crippen LogP contribution in [-0.4, -0.2) is 20.2 Å². The highest BCUT2D eigenvalue weighted by atomic mass is 35.5. The van der Waals surface area contributed by atoms with Crippen molar-refractivity contribution in [2.24, 2.45) is 0 Å². The Morgan fingerprint density at radius 3 is 2.52 bits per heavy atom. The second kappa shape index (κ2) is 5.52. The van der Waals surface area contributed by atoms with E-state index in [1.54, 1.807) is 36.4 Å². The monoisotopic (exact) mass is 339 g/mol. The molecule has 0 aliphatic heterocycles. The number of nitrogens with zero attached hydrogens (tertiary/aromatic N) is 4. The number of anilines is 1. The summed E-state index contributed by atoms with van der Waals surface area (Å²) in [6.07, 6.45) is 0. The first kappa shape index (κ1) is 14.1. The van der Waals surface area contributed by atoms with Gasteiger partial charge in [0.1, 0.15) is 0 Å². The summed E-state index contributed by atoms with van der Waals surface area (Å²) in [7, 11) is 0. The van der Waals surface area contributed by atoms with Crippen molar-refractivity contribution in [2.75, 3.05) is 5.73 Å². The molecule has 0 aliphatic carbocycles. The largest absolute Gasteiger partial charge is 0.397 e. The molecule has 21 heavy (non-hydrogen) atoms. The van der Waals surface area contributed by atoms with E-state index in [1.165, 1.54) is 4.68 Å². The molecule has 0 saturated heterocycles. The van der Waals surface area contributed by atoms with Crippen LogP contribution in [0.2, 0.25) is 15.1 Å². The van der Waals surface area contributed by atoms with Gasteiger partial charge in [0.15, 0.2) is 5.82 Å². The smallest absolute Gasteiger partial charge is 0.189 e. The minimum absolute atomic E-state index is 0.412. The van der Waals surface area contributed by atoms with Crippen LogP contribution >= 0.6 is 34.8 Å². The highest BCUT2D eigenvalue weighted by Gasteiger charge is 2.15. The number of aromatic nitrogens is 4. The van der Waals surface area contributed by atoms with E-state index in [1.807, 2.05) is 0 Å². The number of tetrazole rings is 1. The van der Waals surface area contributed by atoms with Gasteiger partial charge in [-0.2, -0.15) is 4.68 Å². The molecule has 106 valence electrons. The first-order valence-electron chi connectivity index (χ1n) is 5.86. The van der Waals surface area contributed by atoms with Crippen LogP contribution in [0.25, 0.3) is 17.1 Å². The molecule has 3 rings (SSSR count). The van der Waals surface area contributed by atoms with Gasteiger partial charge in [0.05, 0.1) is 26.4 Å². The number of benzene rings is 2. The molecule has 0 aliphatic rings. The molecule has 0 saturated carbocycles. The number of para-hydroxylation sites is 1. The van der Waals surface area contributed by atoms with Crippen LogP contribution in [0.5, 0.6) is 0 Å². The van der Waals surface area contributed by atoms with E-state index in [-0.39, 0.29) is 0 Å². The third-order valence-electron chi connectivity index (χ3n) is 2.91. The van der Waals surface area contributed by atoms with Crippen LogP contribution in [0.4, 0.5) is 5.69 Å². The van der Waals surface area contributed by atoms with Crippen LogP contribution in [-0.2, 0) is 0 Å². The van der Waals surface area contributed by atoms with Gasteiger partial charge in [-0.1, -0.05) is 40.9 Å². The molecule has 0 bridgehead atoms. The zero-order chi connectivity index (χ0) is 15.0. The molecule has 0 spiro atoms. The number of nitrogen functional groups attached to an aromatic ring is 1. The van der Waals surface area contributed by atoms with Gasteiger partial charge in [-0.15, -0.1) is 5.10 Å². The third-order valence-corrected chi connectivity index (χ3v) is 3.98. The van der Waals surface area contributed by atoms with Crippen LogP contribution in [0.1, 0.15) is 0 Å².